The topological polar surface area (TPSA) is 74.7 Å². The number of ether oxygens (including phenoxy) is 2. The summed E-state index contributed by atoms with van der Waals surface area (Å²) < 4.78 is 33.4. The molecule has 0 aromatic rings. The third kappa shape index (κ3) is 7.37. The first-order valence-corrected chi connectivity index (χ1v) is 6.39. The van der Waals surface area contributed by atoms with E-state index in [1.54, 1.807) is 14.1 Å². The van der Waals surface area contributed by atoms with E-state index < -0.39 is 16.4 Å². The van der Waals surface area contributed by atoms with E-state index in [2.05, 4.69) is 4.72 Å². The van der Waals surface area contributed by atoms with Crippen molar-refractivity contribution in [2.75, 3.05) is 33.9 Å². The normalized spacial score (nSPS) is 14.9. The van der Waals surface area contributed by atoms with E-state index in [1.807, 2.05) is 13.8 Å². The highest BCUT2D eigenvalue weighted by molar-refractivity contribution is 7.88. The average Bonchev–Trinajstić information content (AvgIpc) is 2.15. The summed E-state index contributed by atoms with van der Waals surface area (Å²) in [6, 6.07) is 0. The summed E-state index contributed by atoms with van der Waals surface area (Å²) >= 11 is 0. The second-order valence-electron chi connectivity index (χ2n) is 3.03. The van der Waals surface area contributed by atoms with Crippen molar-refractivity contribution in [3.63, 3.8) is 0 Å². The number of nitrogens with one attached hydrogen (secondary N) is 2. The van der Waals surface area contributed by atoms with Gasteiger partial charge in [0.2, 0.25) is 0 Å². The Morgan fingerprint density at radius 1 is 1.31 bits per heavy atom. The highest BCUT2D eigenvalue weighted by Crippen LogP contribution is 1.96. The van der Waals surface area contributed by atoms with Crippen LogP contribution in [0.15, 0.2) is 0 Å². The van der Waals surface area contributed by atoms with Gasteiger partial charge in [-0.15, -0.1) is 12.4 Å². The van der Waals surface area contributed by atoms with E-state index in [1.165, 1.54) is 4.31 Å². The van der Waals surface area contributed by atoms with E-state index in [4.69, 9.17) is 14.3 Å². The quantitative estimate of drug-likeness (QED) is 0.645. The first-order chi connectivity index (χ1) is 6.94. The van der Waals surface area contributed by atoms with Gasteiger partial charge in [0, 0.05) is 27.3 Å². The van der Waals surface area contributed by atoms with Crippen LogP contribution in [0.1, 0.15) is 13.8 Å². The van der Waals surface area contributed by atoms with Crippen molar-refractivity contribution in [1.82, 2.24) is 9.03 Å². The molecule has 0 rings (SSSR count). The first-order valence-electron chi connectivity index (χ1n) is 4.88. The monoisotopic (exact) mass is 275 g/mol. The summed E-state index contributed by atoms with van der Waals surface area (Å²) in [5, 5.41) is 0. The molecule has 2 N–H and O–H groups in total. The SMILES string of the molecule is CCOC(CNS(=N)(=O)N(C)C)OCC.Cl. The summed E-state index contributed by atoms with van der Waals surface area (Å²) in [4.78, 5) is 0. The molecule has 16 heavy (non-hydrogen) atoms. The van der Waals surface area contributed by atoms with Gasteiger partial charge in [-0.3, -0.25) is 0 Å². The third-order valence-corrected chi connectivity index (χ3v) is 3.25. The zero-order chi connectivity index (χ0) is 11.9. The van der Waals surface area contributed by atoms with Gasteiger partial charge in [0.05, 0.1) is 6.54 Å². The van der Waals surface area contributed by atoms with Gasteiger partial charge < -0.3 is 9.47 Å². The molecule has 0 fully saturated rings. The molecule has 0 spiro atoms. The van der Waals surface area contributed by atoms with Gasteiger partial charge in [0.15, 0.2) is 16.4 Å². The van der Waals surface area contributed by atoms with E-state index in [0.29, 0.717) is 13.2 Å². The fourth-order valence-electron chi connectivity index (χ4n) is 0.848. The van der Waals surface area contributed by atoms with Crippen molar-refractivity contribution in [3.8, 4) is 0 Å². The Labute approximate surface area is 104 Å². The van der Waals surface area contributed by atoms with Crippen molar-refractivity contribution < 1.29 is 13.7 Å². The lowest BCUT2D eigenvalue weighted by Gasteiger charge is -2.20. The minimum Gasteiger partial charge on any atom is -0.352 e. The van der Waals surface area contributed by atoms with Crippen molar-refractivity contribution in [3.05, 3.63) is 0 Å². The Kier molecular flexibility index (Phi) is 10.5. The highest BCUT2D eigenvalue weighted by atomic mass is 35.5. The van der Waals surface area contributed by atoms with Crippen molar-refractivity contribution in [2.45, 2.75) is 20.1 Å². The van der Waals surface area contributed by atoms with Crippen LogP contribution in [0.4, 0.5) is 0 Å². The van der Waals surface area contributed by atoms with Crippen LogP contribution < -0.4 is 4.72 Å². The predicted octanol–water partition coefficient (Wildman–Crippen LogP) is 0.835. The van der Waals surface area contributed by atoms with Gasteiger partial charge in [0.25, 0.3) is 0 Å². The Bertz CT molecular complexity index is 253. The minimum absolute atomic E-state index is 0. The van der Waals surface area contributed by atoms with E-state index in [-0.39, 0.29) is 19.0 Å². The number of hydrogen-bond acceptors (Lipinski definition) is 4. The van der Waals surface area contributed by atoms with Gasteiger partial charge in [0.1, 0.15) is 0 Å². The van der Waals surface area contributed by atoms with E-state index >= 15 is 0 Å². The van der Waals surface area contributed by atoms with Crippen LogP contribution in [0.2, 0.25) is 0 Å². The highest BCUT2D eigenvalue weighted by Gasteiger charge is 2.13. The molecule has 1 unspecified atom stereocenters. The maximum atomic E-state index is 11.6. The van der Waals surface area contributed by atoms with Crippen molar-refractivity contribution in [2.24, 2.45) is 0 Å². The third-order valence-electron chi connectivity index (χ3n) is 1.66. The molecule has 6 nitrogen and oxygen atoms in total. The van der Waals surface area contributed by atoms with Crippen LogP contribution in [0.25, 0.3) is 0 Å². The van der Waals surface area contributed by atoms with Gasteiger partial charge in [-0.05, 0) is 13.8 Å². The number of nitrogens with zero attached hydrogens (tertiary/aromatic N) is 1. The maximum Gasteiger partial charge on any atom is 0.172 e. The molecule has 0 bridgehead atoms. The lowest BCUT2D eigenvalue weighted by atomic mass is 10.6. The maximum absolute atomic E-state index is 11.6. The first kappa shape index (κ1) is 18.4. The number of rotatable bonds is 8. The summed E-state index contributed by atoms with van der Waals surface area (Å²) in [6.45, 7) is 5.00. The minimum atomic E-state index is -2.91. The second-order valence-corrected chi connectivity index (χ2v) is 5.10. The Balaban J connectivity index is 0. The molecule has 1 atom stereocenters. The van der Waals surface area contributed by atoms with Gasteiger partial charge in [-0.1, -0.05) is 0 Å². The summed E-state index contributed by atoms with van der Waals surface area (Å²) in [7, 11) is 0.258. The van der Waals surface area contributed by atoms with E-state index in [0.717, 1.165) is 0 Å². The predicted molar refractivity (Wildman–Crippen MR) is 66.8 cm³/mol. The molecule has 0 amide bonds. The average molecular weight is 276 g/mol. The van der Waals surface area contributed by atoms with Crippen LogP contribution in [-0.2, 0) is 19.6 Å². The number of hydrogen-bond donors (Lipinski definition) is 2. The molecule has 8 heteroatoms. The molecule has 0 aliphatic heterocycles. The standard InChI is InChI=1S/C8H21N3O3S.ClH/c1-5-13-8(14-6-2)7-10-15(9,12)11(3)4;/h8H,5-7H2,1-4H3,(H2,9,10,12);1H. The zero-order valence-corrected chi connectivity index (χ0v) is 11.8. The summed E-state index contributed by atoms with van der Waals surface area (Å²) in [6.07, 6.45) is -0.453. The zero-order valence-electron chi connectivity index (χ0n) is 10.2. The molecular formula is C8H22ClN3O3S. The fourth-order valence-corrected chi connectivity index (χ4v) is 1.47. The molecule has 0 aromatic heterocycles. The molecule has 0 heterocycles. The van der Waals surface area contributed by atoms with Crippen LogP contribution in [-0.4, -0.2) is 48.7 Å². The molecule has 0 saturated heterocycles. The lowest BCUT2D eigenvalue weighted by Crippen LogP contribution is -2.40. The molecule has 0 aliphatic carbocycles. The van der Waals surface area contributed by atoms with Crippen molar-refractivity contribution in [1.29, 1.82) is 4.78 Å². The Morgan fingerprint density at radius 2 is 1.75 bits per heavy atom. The van der Waals surface area contributed by atoms with Crippen LogP contribution in [0, 0.1) is 4.78 Å². The van der Waals surface area contributed by atoms with Crippen molar-refractivity contribution >= 4 is 22.5 Å². The molecular weight excluding hydrogens is 254 g/mol. The smallest absolute Gasteiger partial charge is 0.172 e. The van der Waals surface area contributed by atoms with Gasteiger partial charge in [-0.25, -0.2) is 18.0 Å². The van der Waals surface area contributed by atoms with Crippen LogP contribution in [0.5, 0.6) is 0 Å². The Hall–Kier alpha value is 0.0800. The van der Waals surface area contributed by atoms with Gasteiger partial charge >= 0.3 is 0 Å². The van der Waals surface area contributed by atoms with Crippen LogP contribution in [0.3, 0.4) is 0 Å². The molecule has 0 aliphatic rings. The fraction of sp³-hybridized carbons (Fsp3) is 1.00. The number of halogens is 1. The second kappa shape index (κ2) is 9.15. The van der Waals surface area contributed by atoms with Crippen LogP contribution >= 0.6 is 12.4 Å². The molecule has 0 saturated carbocycles. The Morgan fingerprint density at radius 3 is 2.06 bits per heavy atom. The molecule has 0 radical (unpaired) electrons. The largest absolute Gasteiger partial charge is 0.352 e. The molecule has 0 aromatic carbocycles. The van der Waals surface area contributed by atoms with E-state index in [9.17, 15) is 4.21 Å². The lowest BCUT2D eigenvalue weighted by molar-refractivity contribution is -0.130. The van der Waals surface area contributed by atoms with Gasteiger partial charge in [-0.2, -0.15) is 0 Å². The summed E-state index contributed by atoms with van der Waals surface area (Å²) in [5.41, 5.74) is 0. The molecule has 100 valence electrons. The summed E-state index contributed by atoms with van der Waals surface area (Å²) in [5.74, 6) is 0.